The average Bonchev–Trinajstić information content (AvgIpc) is 2.37. The summed E-state index contributed by atoms with van der Waals surface area (Å²) in [6.45, 7) is -0.813. The van der Waals surface area contributed by atoms with E-state index in [4.69, 9.17) is 10.5 Å². The maximum atomic E-state index is 11.3. The number of rotatable bonds is 6. The molecule has 0 aliphatic carbocycles. The Balaban J connectivity index is 2.50. The van der Waals surface area contributed by atoms with Crippen molar-refractivity contribution in [1.82, 2.24) is 0 Å². The maximum absolute atomic E-state index is 11.3. The zero-order valence-electron chi connectivity index (χ0n) is 9.90. The first-order valence-corrected chi connectivity index (χ1v) is 6.97. The molecular formula is C8H18NO9P. The van der Waals surface area contributed by atoms with Gasteiger partial charge in [0.2, 0.25) is 0 Å². The van der Waals surface area contributed by atoms with E-state index >= 15 is 0 Å². The summed E-state index contributed by atoms with van der Waals surface area (Å²) in [5.74, 6) is 0. The van der Waals surface area contributed by atoms with Crippen LogP contribution in [0.2, 0.25) is 0 Å². The third kappa shape index (κ3) is 4.72. The molecule has 7 N–H and O–H groups in total. The first kappa shape index (κ1) is 16.9. The van der Waals surface area contributed by atoms with Crippen LogP contribution in [-0.2, 0) is 18.3 Å². The predicted octanol–water partition coefficient (Wildman–Crippen LogP) is -3.12. The third-order valence-electron chi connectivity index (χ3n) is 2.46. The highest BCUT2D eigenvalue weighted by Gasteiger charge is 2.43. The molecule has 1 saturated heterocycles. The molecule has 1 aliphatic rings. The van der Waals surface area contributed by atoms with Gasteiger partial charge >= 0.3 is 7.82 Å². The van der Waals surface area contributed by atoms with Crippen LogP contribution in [0.15, 0.2) is 0 Å². The SMILES string of the molecule is NCCOP(=O)(O)OC[C@H]1O[C@H](O)[C@@H](O)[C@@H](O)[C@@H]1O. The molecule has 1 fully saturated rings. The highest BCUT2D eigenvalue weighted by molar-refractivity contribution is 7.47. The summed E-state index contributed by atoms with van der Waals surface area (Å²) in [5, 5.41) is 37.4. The Kier molecular flexibility index (Phi) is 6.27. The molecule has 0 aromatic carbocycles. The molecule has 19 heavy (non-hydrogen) atoms. The van der Waals surface area contributed by atoms with E-state index < -0.39 is 45.1 Å². The summed E-state index contributed by atoms with van der Waals surface area (Å²) in [6, 6.07) is 0. The summed E-state index contributed by atoms with van der Waals surface area (Å²) in [4.78, 5) is 9.19. The van der Waals surface area contributed by atoms with Crippen molar-refractivity contribution in [3.63, 3.8) is 0 Å². The zero-order valence-corrected chi connectivity index (χ0v) is 10.8. The monoisotopic (exact) mass is 303 g/mol. The summed E-state index contributed by atoms with van der Waals surface area (Å²) in [7, 11) is -4.35. The van der Waals surface area contributed by atoms with Crippen LogP contribution in [0.25, 0.3) is 0 Å². The molecule has 1 aliphatic heterocycles. The van der Waals surface area contributed by atoms with Crippen LogP contribution in [-0.4, -0.2) is 75.8 Å². The van der Waals surface area contributed by atoms with Crippen LogP contribution in [0.5, 0.6) is 0 Å². The number of nitrogens with two attached hydrogens (primary N) is 1. The van der Waals surface area contributed by atoms with Gasteiger partial charge < -0.3 is 35.8 Å². The normalized spacial score (nSPS) is 38.9. The molecule has 1 rings (SSSR count). The second kappa shape index (κ2) is 7.04. The van der Waals surface area contributed by atoms with E-state index in [1.165, 1.54) is 0 Å². The fourth-order valence-corrected chi connectivity index (χ4v) is 2.19. The van der Waals surface area contributed by atoms with Crippen LogP contribution < -0.4 is 5.73 Å². The molecule has 6 atom stereocenters. The van der Waals surface area contributed by atoms with Gasteiger partial charge in [0.15, 0.2) is 6.29 Å². The molecule has 10 nitrogen and oxygen atoms in total. The quantitative estimate of drug-likeness (QED) is 0.276. The Morgan fingerprint density at radius 1 is 1.11 bits per heavy atom. The molecular weight excluding hydrogens is 285 g/mol. The van der Waals surface area contributed by atoms with Gasteiger partial charge in [-0.1, -0.05) is 0 Å². The second-order valence-corrected chi connectivity index (χ2v) is 5.38. The zero-order chi connectivity index (χ0) is 14.6. The number of hydrogen-bond donors (Lipinski definition) is 6. The lowest BCUT2D eigenvalue weighted by Gasteiger charge is -2.38. The van der Waals surface area contributed by atoms with E-state index in [1.807, 2.05) is 0 Å². The molecule has 11 heteroatoms. The second-order valence-electron chi connectivity index (χ2n) is 3.92. The van der Waals surface area contributed by atoms with Gasteiger partial charge in [0.05, 0.1) is 13.2 Å². The molecule has 0 saturated carbocycles. The molecule has 1 heterocycles. The van der Waals surface area contributed by atoms with E-state index in [9.17, 15) is 29.9 Å². The van der Waals surface area contributed by atoms with Crippen LogP contribution in [0, 0.1) is 0 Å². The first-order chi connectivity index (χ1) is 8.78. The van der Waals surface area contributed by atoms with E-state index in [2.05, 4.69) is 9.05 Å². The third-order valence-corrected chi connectivity index (χ3v) is 3.45. The lowest BCUT2D eigenvalue weighted by molar-refractivity contribution is -0.285. The Hall–Kier alpha value is -0.130. The van der Waals surface area contributed by atoms with Crippen LogP contribution in [0.4, 0.5) is 0 Å². The predicted molar refractivity (Wildman–Crippen MR) is 59.7 cm³/mol. The minimum Gasteiger partial charge on any atom is -0.387 e. The van der Waals surface area contributed by atoms with Gasteiger partial charge in [-0.05, 0) is 0 Å². The minimum atomic E-state index is -4.35. The smallest absolute Gasteiger partial charge is 0.387 e. The number of phosphoric acid groups is 1. The van der Waals surface area contributed by atoms with Crippen molar-refractivity contribution in [2.24, 2.45) is 5.73 Å². The summed E-state index contributed by atoms with van der Waals surface area (Å²) in [5.41, 5.74) is 5.08. The standard InChI is InChI=1S/C8H18NO9P/c9-1-2-16-19(14,15)17-3-4-5(10)6(11)7(12)8(13)18-4/h4-8,10-13H,1-3,9H2,(H,14,15)/t4-,5-,6+,7+,8+/m1/s1. The Bertz CT molecular complexity index is 329. The fraction of sp³-hybridized carbons (Fsp3) is 1.00. The van der Waals surface area contributed by atoms with Gasteiger partial charge in [-0.15, -0.1) is 0 Å². The van der Waals surface area contributed by atoms with E-state index in [-0.39, 0.29) is 13.2 Å². The number of hydrogen-bond acceptors (Lipinski definition) is 9. The van der Waals surface area contributed by atoms with E-state index in [1.54, 1.807) is 0 Å². The van der Waals surface area contributed by atoms with Crippen LogP contribution in [0.1, 0.15) is 0 Å². The maximum Gasteiger partial charge on any atom is 0.472 e. The topological polar surface area (TPSA) is 172 Å². The van der Waals surface area contributed by atoms with Gasteiger partial charge in [0, 0.05) is 6.54 Å². The largest absolute Gasteiger partial charge is 0.472 e. The average molecular weight is 303 g/mol. The summed E-state index contributed by atoms with van der Waals surface area (Å²) >= 11 is 0. The fourth-order valence-electron chi connectivity index (χ4n) is 1.44. The van der Waals surface area contributed by atoms with Gasteiger partial charge in [-0.25, -0.2) is 4.57 Å². The Morgan fingerprint density at radius 2 is 1.74 bits per heavy atom. The number of phosphoric ester groups is 1. The summed E-state index contributed by atoms with van der Waals surface area (Å²) in [6.07, 6.45) is -7.97. The van der Waals surface area contributed by atoms with Gasteiger partial charge in [0.25, 0.3) is 0 Å². The van der Waals surface area contributed by atoms with Crippen molar-refractivity contribution in [1.29, 1.82) is 0 Å². The molecule has 114 valence electrons. The highest BCUT2D eigenvalue weighted by atomic mass is 31.2. The van der Waals surface area contributed by atoms with Crippen molar-refractivity contribution >= 4 is 7.82 Å². The first-order valence-electron chi connectivity index (χ1n) is 5.48. The summed E-state index contributed by atoms with van der Waals surface area (Å²) < 4.78 is 25.0. The van der Waals surface area contributed by atoms with Crippen molar-refractivity contribution in [2.75, 3.05) is 19.8 Å². The Morgan fingerprint density at radius 3 is 2.32 bits per heavy atom. The lowest BCUT2D eigenvalue weighted by Crippen LogP contribution is -2.58. The molecule has 0 aromatic heterocycles. The lowest BCUT2D eigenvalue weighted by atomic mass is 10.00. The van der Waals surface area contributed by atoms with Crippen molar-refractivity contribution in [3.05, 3.63) is 0 Å². The Labute approximate surface area is 108 Å². The molecule has 0 bridgehead atoms. The van der Waals surface area contributed by atoms with Crippen molar-refractivity contribution in [2.45, 2.75) is 30.7 Å². The number of ether oxygens (including phenoxy) is 1. The molecule has 0 aromatic rings. The van der Waals surface area contributed by atoms with E-state index in [0.717, 1.165) is 0 Å². The molecule has 0 radical (unpaired) electrons. The molecule has 1 unspecified atom stereocenters. The van der Waals surface area contributed by atoms with Crippen molar-refractivity contribution in [3.8, 4) is 0 Å². The number of aliphatic hydroxyl groups is 4. The van der Waals surface area contributed by atoms with Gasteiger partial charge in [-0.3, -0.25) is 9.05 Å². The minimum absolute atomic E-state index is 0.0140. The van der Waals surface area contributed by atoms with Crippen LogP contribution >= 0.6 is 7.82 Å². The van der Waals surface area contributed by atoms with Gasteiger partial charge in [-0.2, -0.15) is 0 Å². The molecule has 0 amide bonds. The number of aliphatic hydroxyl groups excluding tert-OH is 4. The van der Waals surface area contributed by atoms with Crippen LogP contribution in [0.3, 0.4) is 0 Å². The van der Waals surface area contributed by atoms with E-state index in [0.29, 0.717) is 0 Å². The molecule has 0 spiro atoms. The van der Waals surface area contributed by atoms with Crippen molar-refractivity contribution < 1.29 is 43.7 Å². The highest BCUT2D eigenvalue weighted by Crippen LogP contribution is 2.43. The van der Waals surface area contributed by atoms with Gasteiger partial charge in [0.1, 0.15) is 24.4 Å².